The summed E-state index contributed by atoms with van der Waals surface area (Å²) < 4.78 is 101. The number of alkyl halides is 3. The molecule has 0 fully saturated rings. The Hall–Kier alpha value is -4.04. The number of nitrogens with one attached hydrogen (secondary N) is 1. The van der Waals surface area contributed by atoms with Crippen LogP contribution in [-0.4, -0.2) is 16.8 Å². The maximum Gasteiger partial charge on any atom is 0.416 e. The molecular weight excluding hydrogens is 525 g/mol. The molecule has 4 rings (SSSR count). The van der Waals surface area contributed by atoms with Crippen molar-refractivity contribution in [3.63, 3.8) is 0 Å². The van der Waals surface area contributed by atoms with Gasteiger partial charge in [0, 0.05) is 11.1 Å². The first-order valence-corrected chi connectivity index (χ1v) is 12.7. The number of benzene rings is 3. The van der Waals surface area contributed by atoms with Crippen LogP contribution in [0.4, 0.5) is 24.5 Å². The van der Waals surface area contributed by atoms with E-state index in [0.29, 0.717) is 17.8 Å². The Kier molecular flexibility index (Phi) is 6.18. The standard InChI is InChI=1S/C22H15F3N2O7S2/c23-22(24,25)14-4-2-5-17(12-14)35(29,30)27-18-11-13-3-1-6-19(20(13)33-21(18)28)34-36(31,32)16-9-7-15(26)8-10-16/h1-12,27H,26H2. The third-order valence-corrected chi connectivity index (χ3v) is 7.42. The van der Waals surface area contributed by atoms with Crippen LogP contribution >= 0.6 is 0 Å². The van der Waals surface area contributed by atoms with Gasteiger partial charge >= 0.3 is 21.9 Å². The van der Waals surface area contributed by atoms with Gasteiger partial charge in [-0.2, -0.15) is 21.6 Å². The number of fused-ring (bicyclic) bond motifs is 1. The summed E-state index contributed by atoms with van der Waals surface area (Å²) in [7, 11) is -8.96. The minimum atomic E-state index is -4.78. The summed E-state index contributed by atoms with van der Waals surface area (Å²) >= 11 is 0. The van der Waals surface area contributed by atoms with Crippen LogP contribution in [0.15, 0.2) is 91.8 Å². The van der Waals surface area contributed by atoms with Crippen LogP contribution in [0.25, 0.3) is 11.0 Å². The molecule has 188 valence electrons. The lowest BCUT2D eigenvalue weighted by atomic mass is 10.2. The second kappa shape index (κ2) is 8.87. The molecule has 3 aromatic carbocycles. The predicted octanol–water partition coefficient (Wildman–Crippen LogP) is 3.96. The summed E-state index contributed by atoms with van der Waals surface area (Å²) in [5, 5.41) is 0.0707. The molecule has 0 amide bonds. The van der Waals surface area contributed by atoms with E-state index < -0.39 is 48.1 Å². The lowest BCUT2D eigenvalue weighted by Gasteiger charge is -2.12. The second-order valence-corrected chi connectivity index (χ2v) is 10.6. The van der Waals surface area contributed by atoms with E-state index in [9.17, 15) is 34.8 Å². The predicted molar refractivity (Wildman–Crippen MR) is 123 cm³/mol. The molecule has 1 aromatic heterocycles. The monoisotopic (exact) mass is 540 g/mol. The maximum atomic E-state index is 13.0. The number of anilines is 2. The Morgan fingerprint density at radius 1 is 0.861 bits per heavy atom. The molecule has 0 spiro atoms. The van der Waals surface area contributed by atoms with Gasteiger partial charge in [-0.3, -0.25) is 4.72 Å². The Morgan fingerprint density at radius 2 is 1.53 bits per heavy atom. The largest absolute Gasteiger partial charge is 0.417 e. The van der Waals surface area contributed by atoms with Crippen molar-refractivity contribution in [2.45, 2.75) is 16.0 Å². The quantitative estimate of drug-likeness (QED) is 0.212. The van der Waals surface area contributed by atoms with Gasteiger partial charge in [0.15, 0.2) is 11.3 Å². The molecule has 3 N–H and O–H groups in total. The normalized spacial score (nSPS) is 12.4. The lowest BCUT2D eigenvalue weighted by Crippen LogP contribution is -2.19. The molecule has 0 radical (unpaired) electrons. The molecule has 0 aliphatic carbocycles. The highest BCUT2D eigenvalue weighted by Crippen LogP contribution is 2.32. The zero-order valence-corrected chi connectivity index (χ0v) is 19.4. The van der Waals surface area contributed by atoms with Crippen LogP contribution < -0.4 is 20.3 Å². The molecule has 0 bridgehead atoms. The molecule has 9 nitrogen and oxygen atoms in total. The van der Waals surface area contributed by atoms with Gasteiger partial charge in [-0.15, -0.1) is 0 Å². The summed E-state index contributed by atoms with van der Waals surface area (Å²) in [6, 6.07) is 13.1. The van der Waals surface area contributed by atoms with E-state index in [1.807, 2.05) is 4.72 Å². The van der Waals surface area contributed by atoms with Crippen LogP contribution in [-0.2, 0) is 26.3 Å². The SMILES string of the molecule is Nc1ccc(S(=O)(=O)Oc2cccc3cc(NS(=O)(=O)c4cccc(C(F)(F)F)c4)c(=O)oc23)cc1. The number of nitrogen functional groups attached to an aromatic ring is 1. The summed E-state index contributed by atoms with van der Waals surface area (Å²) in [4.78, 5) is 11.5. The van der Waals surface area contributed by atoms with Crippen LogP contribution in [0.1, 0.15) is 5.56 Å². The topological polar surface area (TPSA) is 146 Å². The average Bonchev–Trinajstić information content (AvgIpc) is 2.79. The van der Waals surface area contributed by atoms with E-state index in [1.54, 1.807) is 0 Å². The van der Waals surface area contributed by atoms with Crippen molar-refractivity contribution in [2.75, 3.05) is 10.5 Å². The zero-order valence-electron chi connectivity index (χ0n) is 17.8. The van der Waals surface area contributed by atoms with Gasteiger partial charge in [-0.1, -0.05) is 18.2 Å². The van der Waals surface area contributed by atoms with Gasteiger partial charge in [0.05, 0.1) is 10.5 Å². The van der Waals surface area contributed by atoms with Crippen LogP contribution in [0.5, 0.6) is 5.75 Å². The van der Waals surface area contributed by atoms with Crippen molar-refractivity contribution < 1.29 is 38.6 Å². The van der Waals surface area contributed by atoms with E-state index in [0.717, 1.165) is 18.2 Å². The second-order valence-electron chi connectivity index (χ2n) is 7.36. The van der Waals surface area contributed by atoms with Crippen molar-refractivity contribution in [1.82, 2.24) is 0 Å². The number of nitrogens with two attached hydrogens (primary N) is 1. The third-order valence-electron chi connectivity index (χ3n) is 4.81. The van der Waals surface area contributed by atoms with Gasteiger partial charge in [-0.05, 0) is 54.6 Å². The zero-order chi connectivity index (χ0) is 26.3. The molecule has 4 aromatic rings. The lowest BCUT2D eigenvalue weighted by molar-refractivity contribution is -0.137. The maximum absolute atomic E-state index is 13.0. The molecular formula is C22H15F3N2O7S2. The Bertz CT molecular complexity index is 1730. The highest BCUT2D eigenvalue weighted by Gasteiger charge is 2.32. The van der Waals surface area contributed by atoms with E-state index in [2.05, 4.69) is 0 Å². The molecule has 0 aliphatic heterocycles. The molecule has 0 saturated carbocycles. The highest BCUT2D eigenvalue weighted by molar-refractivity contribution is 7.92. The number of para-hydroxylation sites is 1. The van der Waals surface area contributed by atoms with Crippen molar-refractivity contribution in [3.05, 3.63) is 88.8 Å². The van der Waals surface area contributed by atoms with Crippen LogP contribution in [0.2, 0.25) is 0 Å². The molecule has 1 heterocycles. The smallest absolute Gasteiger partial charge is 0.416 e. The fourth-order valence-electron chi connectivity index (χ4n) is 3.10. The van der Waals surface area contributed by atoms with Gasteiger partial charge in [0.2, 0.25) is 0 Å². The van der Waals surface area contributed by atoms with Gasteiger partial charge in [0.25, 0.3) is 10.0 Å². The van der Waals surface area contributed by atoms with Crippen molar-refractivity contribution in [2.24, 2.45) is 0 Å². The summed E-state index contributed by atoms with van der Waals surface area (Å²) in [5.41, 5.74) is 2.53. The van der Waals surface area contributed by atoms with E-state index >= 15 is 0 Å². The summed E-state index contributed by atoms with van der Waals surface area (Å²) in [5.74, 6) is -0.353. The first kappa shape index (κ1) is 25.1. The molecule has 0 atom stereocenters. The minimum Gasteiger partial charge on any atom is -0.417 e. The third kappa shape index (κ3) is 5.13. The summed E-state index contributed by atoms with van der Waals surface area (Å²) in [6.45, 7) is 0. The molecule has 0 aliphatic rings. The Morgan fingerprint density at radius 3 is 2.19 bits per heavy atom. The first-order valence-electron chi connectivity index (χ1n) is 9.83. The van der Waals surface area contributed by atoms with E-state index in [1.165, 1.54) is 42.5 Å². The number of sulfonamides is 1. The number of hydrogen-bond donors (Lipinski definition) is 2. The van der Waals surface area contributed by atoms with E-state index in [4.69, 9.17) is 14.3 Å². The van der Waals surface area contributed by atoms with Crippen molar-refractivity contribution >= 4 is 42.5 Å². The van der Waals surface area contributed by atoms with E-state index in [-0.39, 0.29) is 21.6 Å². The summed E-state index contributed by atoms with van der Waals surface area (Å²) in [6.07, 6.45) is -4.78. The minimum absolute atomic E-state index is 0.0707. The molecule has 0 unspecified atom stereocenters. The average molecular weight is 540 g/mol. The van der Waals surface area contributed by atoms with Gasteiger partial charge in [-0.25, -0.2) is 13.2 Å². The van der Waals surface area contributed by atoms with Crippen LogP contribution in [0.3, 0.4) is 0 Å². The molecule has 14 heteroatoms. The number of hydrogen-bond acceptors (Lipinski definition) is 8. The van der Waals surface area contributed by atoms with Crippen molar-refractivity contribution in [1.29, 1.82) is 0 Å². The Labute approximate surface area is 202 Å². The molecule has 0 saturated heterocycles. The first-order chi connectivity index (χ1) is 16.8. The van der Waals surface area contributed by atoms with Gasteiger partial charge in [0.1, 0.15) is 10.6 Å². The highest BCUT2D eigenvalue weighted by atomic mass is 32.2. The Balaban J connectivity index is 1.69. The fraction of sp³-hybridized carbons (Fsp3) is 0.0455. The number of rotatable bonds is 6. The fourth-order valence-corrected chi connectivity index (χ4v) is 5.12. The molecule has 36 heavy (non-hydrogen) atoms. The van der Waals surface area contributed by atoms with Crippen LogP contribution in [0, 0.1) is 0 Å². The van der Waals surface area contributed by atoms with Gasteiger partial charge < -0.3 is 14.3 Å². The number of halogens is 3. The van der Waals surface area contributed by atoms with Crippen molar-refractivity contribution in [3.8, 4) is 5.75 Å².